The number of nitrogens with one attached hydrogen (secondary N) is 3. The van der Waals surface area contributed by atoms with Crippen molar-refractivity contribution < 1.29 is 22.7 Å². The minimum atomic E-state index is -3.57. The number of amides is 2. The van der Waals surface area contributed by atoms with Gasteiger partial charge < -0.3 is 20.3 Å². The van der Waals surface area contributed by atoms with E-state index in [1.54, 1.807) is 38.1 Å². The SMILES string of the molecule is Cc1cc(Nc2ncc(Cl)c(Nc3ccccc3S(=O)(=O)C(C)C)n2)c(OC(C)C)cc1N1CCC(N(C)Cc2ccc3c(c2)CN(C2CCC(=O)NC2=O)C3)CC1. The molecule has 0 radical (unpaired) electrons. The lowest BCUT2D eigenvalue weighted by molar-refractivity contribution is -0.137. The topological polar surface area (TPSA) is 149 Å². The molecule has 2 saturated heterocycles. The summed E-state index contributed by atoms with van der Waals surface area (Å²) in [7, 11) is -1.37. The third-order valence-electron chi connectivity index (χ3n) is 11.2. The van der Waals surface area contributed by atoms with Gasteiger partial charge in [-0.25, -0.2) is 13.4 Å². The Hall–Kier alpha value is -4.76. The molecule has 0 bridgehead atoms. The molecule has 2 fully saturated rings. The van der Waals surface area contributed by atoms with Gasteiger partial charge in [0.25, 0.3) is 0 Å². The predicted octanol–water partition coefficient (Wildman–Crippen LogP) is 7.12. The van der Waals surface area contributed by atoms with Crippen LogP contribution in [0, 0.1) is 6.92 Å². The minimum Gasteiger partial charge on any atom is -0.489 e. The molecule has 0 spiro atoms. The Morgan fingerprint density at radius 1 is 0.966 bits per heavy atom. The normalized spacial score (nSPS) is 17.9. The number of imide groups is 1. The van der Waals surface area contributed by atoms with Crippen LogP contribution in [-0.4, -0.2) is 83.6 Å². The first kappa shape index (κ1) is 41.4. The van der Waals surface area contributed by atoms with Crippen molar-refractivity contribution in [1.82, 2.24) is 25.1 Å². The molecule has 7 rings (SSSR count). The summed E-state index contributed by atoms with van der Waals surface area (Å²) in [6.07, 6.45) is 4.39. The van der Waals surface area contributed by atoms with Crippen molar-refractivity contribution in [2.75, 3.05) is 35.7 Å². The summed E-state index contributed by atoms with van der Waals surface area (Å²) >= 11 is 6.52. The number of benzene rings is 3. The average molecular weight is 829 g/mol. The van der Waals surface area contributed by atoms with Gasteiger partial charge in [-0.1, -0.05) is 41.9 Å². The summed E-state index contributed by atoms with van der Waals surface area (Å²) in [6, 6.07) is 17.7. The summed E-state index contributed by atoms with van der Waals surface area (Å²) < 4.78 is 32.5. The van der Waals surface area contributed by atoms with Crippen LogP contribution in [0.1, 0.15) is 75.6 Å². The van der Waals surface area contributed by atoms with Gasteiger partial charge in [-0.05, 0) is 101 Å². The summed E-state index contributed by atoms with van der Waals surface area (Å²) in [5, 5.41) is 8.59. The Balaban J connectivity index is 1.00. The van der Waals surface area contributed by atoms with Gasteiger partial charge in [0.15, 0.2) is 15.7 Å². The van der Waals surface area contributed by atoms with Gasteiger partial charge in [0.05, 0.1) is 39.9 Å². The summed E-state index contributed by atoms with van der Waals surface area (Å²) in [5.74, 6) is 0.851. The number of carbonyl (C=O) groups is 2. The zero-order valence-electron chi connectivity index (χ0n) is 34.0. The van der Waals surface area contributed by atoms with Crippen LogP contribution in [0.3, 0.4) is 0 Å². The van der Waals surface area contributed by atoms with Gasteiger partial charge in [-0.3, -0.25) is 24.7 Å². The van der Waals surface area contributed by atoms with Gasteiger partial charge in [-0.2, -0.15) is 4.98 Å². The van der Waals surface area contributed by atoms with Crippen molar-refractivity contribution in [2.45, 2.75) is 108 Å². The monoisotopic (exact) mass is 828 g/mol. The largest absolute Gasteiger partial charge is 0.489 e. The highest BCUT2D eigenvalue weighted by atomic mass is 35.5. The number of aryl methyl sites for hydroxylation is 1. The molecule has 3 N–H and O–H groups in total. The predicted molar refractivity (Wildman–Crippen MR) is 228 cm³/mol. The maximum atomic E-state index is 13.1. The Bertz CT molecular complexity index is 2300. The molecule has 1 unspecified atom stereocenters. The summed E-state index contributed by atoms with van der Waals surface area (Å²) in [5.41, 5.74) is 7.06. The van der Waals surface area contributed by atoms with E-state index in [4.69, 9.17) is 16.3 Å². The van der Waals surface area contributed by atoms with E-state index in [9.17, 15) is 18.0 Å². The van der Waals surface area contributed by atoms with Crippen LogP contribution in [0.25, 0.3) is 0 Å². The van der Waals surface area contributed by atoms with Crippen molar-refractivity contribution in [3.8, 4) is 5.75 Å². The number of rotatable bonds is 13. The number of ether oxygens (including phenoxy) is 1. The fourth-order valence-corrected chi connectivity index (χ4v) is 9.43. The summed E-state index contributed by atoms with van der Waals surface area (Å²) in [6.45, 7) is 13.5. The molecule has 3 aliphatic heterocycles. The number of fused-ring (bicyclic) bond motifs is 1. The van der Waals surface area contributed by atoms with Crippen LogP contribution in [0.2, 0.25) is 5.02 Å². The number of anilines is 5. The van der Waals surface area contributed by atoms with Crippen molar-refractivity contribution in [2.24, 2.45) is 0 Å². The second kappa shape index (κ2) is 17.2. The van der Waals surface area contributed by atoms with Crippen LogP contribution in [0.4, 0.5) is 28.8 Å². The van der Waals surface area contributed by atoms with E-state index in [-0.39, 0.29) is 45.6 Å². The summed E-state index contributed by atoms with van der Waals surface area (Å²) in [4.78, 5) is 40.5. The number of aromatic nitrogens is 2. The van der Waals surface area contributed by atoms with E-state index < -0.39 is 15.1 Å². The van der Waals surface area contributed by atoms with Crippen LogP contribution in [0.15, 0.2) is 65.7 Å². The first-order valence-corrected chi connectivity index (χ1v) is 21.9. The molecule has 13 nitrogen and oxygen atoms in total. The van der Waals surface area contributed by atoms with E-state index in [0.717, 1.165) is 56.8 Å². The molecule has 58 heavy (non-hydrogen) atoms. The van der Waals surface area contributed by atoms with Gasteiger partial charge in [-0.15, -0.1) is 0 Å². The van der Waals surface area contributed by atoms with Crippen LogP contribution < -0.4 is 25.6 Å². The number of para-hydroxylation sites is 1. The number of hydrogen-bond donors (Lipinski definition) is 3. The molecule has 3 aliphatic rings. The Kier molecular flexibility index (Phi) is 12.3. The van der Waals surface area contributed by atoms with Crippen molar-refractivity contribution >= 4 is 62.1 Å². The fraction of sp³-hybridized carbons (Fsp3) is 0.442. The molecular weight excluding hydrogens is 776 g/mol. The Morgan fingerprint density at radius 2 is 1.71 bits per heavy atom. The quantitative estimate of drug-likeness (QED) is 0.118. The molecular formula is C43H53ClN8O5S. The molecule has 15 heteroatoms. The average Bonchev–Trinajstić information content (AvgIpc) is 3.60. The lowest BCUT2D eigenvalue weighted by atomic mass is 10.00. The number of hydrogen-bond acceptors (Lipinski definition) is 12. The first-order chi connectivity index (χ1) is 27.7. The molecule has 2 amide bonds. The highest BCUT2D eigenvalue weighted by Gasteiger charge is 2.35. The first-order valence-electron chi connectivity index (χ1n) is 20.0. The van der Waals surface area contributed by atoms with E-state index in [1.165, 1.54) is 22.9 Å². The van der Waals surface area contributed by atoms with Crippen LogP contribution in [-0.2, 0) is 39.1 Å². The Labute approximate surface area is 346 Å². The number of sulfone groups is 1. The highest BCUT2D eigenvalue weighted by Crippen LogP contribution is 2.38. The molecule has 0 saturated carbocycles. The molecule has 1 aromatic heterocycles. The smallest absolute Gasteiger partial charge is 0.243 e. The van der Waals surface area contributed by atoms with Crippen LogP contribution in [0.5, 0.6) is 5.75 Å². The van der Waals surface area contributed by atoms with Crippen molar-refractivity contribution in [3.63, 3.8) is 0 Å². The lowest BCUT2D eigenvalue weighted by Crippen LogP contribution is -2.50. The third-order valence-corrected chi connectivity index (χ3v) is 13.7. The molecule has 4 heterocycles. The number of piperidine rings is 2. The van der Waals surface area contributed by atoms with Crippen LogP contribution >= 0.6 is 11.6 Å². The van der Waals surface area contributed by atoms with Gasteiger partial charge >= 0.3 is 0 Å². The van der Waals surface area contributed by atoms with Gasteiger partial charge in [0, 0.05) is 56.9 Å². The van der Waals surface area contributed by atoms with Crippen molar-refractivity contribution in [3.05, 3.63) is 88.1 Å². The highest BCUT2D eigenvalue weighted by molar-refractivity contribution is 7.92. The molecule has 3 aromatic carbocycles. The van der Waals surface area contributed by atoms with Gasteiger partial charge in [0.2, 0.25) is 17.8 Å². The number of nitrogens with zero attached hydrogens (tertiary/aromatic N) is 5. The maximum Gasteiger partial charge on any atom is 0.243 e. The molecule has 308 valence electrons. The molecule has 4 aromatic rings. The van der Waals surface area contributed by atoms with E-state index in [2.05, 4.69) is 84.9 Å². The third kappa shape index (κ3) is 9.10. The molecule has 1 atom stereocenters. The van der Waals surface area contributed by atoms with Crippen molar-refractivity contribution in [1.29, 1.82) is 0 Å². The second-order valence-electron chi connectivity index (χ2n) is 16.1. The minimum absolute atomic E-state index is 0.0852. The van der Waals surface area contributed by atoms with E-state index in [1.807, 2.05) is 13.8 Å². The maximum absolute atomic E-state index is 13.1. The number of carbonyl (C=O) groups excluding carboxylic acids is 2. The lowest BCUT2D eigenvalue weighted by Gasteiger charge is -2.38. The van der Waals surface area contributed by atoms with E-state index in [0.29, 0.717) is 36.0 Å². The number of halogens is 1. The zero-order chi connectivity index (χ0) is 41.3. The van der Waals surface area contributed by atoms with Gasteiger partial charge in [0.1, 0.15) is 10.8 Å². The zero-order valence-corrected chi connectivity index (χ0v) is 35.6. The standard InChI is InChI=1S/C43H53ClN8O5S/c1-26(2)57-38-21-37(28(5)19-35(38)47-43-45-22-33(44)41(49-43)46-34-9-7-8-10-39(34)58(55,56)27(3)4)51-17-15-32(16-18-51)50(6)23-29-11-12-30-24-52(25-31(30)20-29)36-13-14-40(53)48-42(36)54/h7-12,19-22,26-27,32,36H,13-18,23-25H2,1-6H3,(H,48,53,54)(H2,45,46,47,49). The Morgan fingerprint density at radius 3 is 2.43 bits per heavy atom. The second-order valence-corrected chi connectivity index (χ2v) is 19.0. The fourth-order valence-electron chi connectivity index (χ4n) is 8.09. The van der Waals surface area contributed by atoms with E-state index >= 15 is 0 Å². The molecule has 0 aliphatic carbocycles.